The summed E-state index contributed by atoms with van der Waals surface area (Å²) in [5.74, 6) is 1.59. The Kier molecular flexibility index (Phi) is 11.1. The minimum Gasteiger partial charge on any atom is -0.508 e. The first-order chi connectivity index (χ1) is 27.1. The number of imide groups is 2. The fourth-order valence-electron chi connectivity index (χ4n) is 6.58. The quantitative estimate of drug-likeness (QED) is 0.103. The molecule has 0 radical (unpaired) electrons. The highest BCUT2D eigenvalue weighted by Crippen LogP contribution is 2.37. The molecule has 3 aliphatic rings. The number of hydrogen-bond donors (Lipinski definition) is 3. The summed E-state index contributed by atoms with van der Waals surface area (Å²) in [6.07, 6.45) is 1.59. The smallest absolute Gasteiger partial charge is 0.262 e. The van der Waals surface area contributed by atoms with Gasteiger partial charge in [0.05, 0.1) is 36.5 Å². The lowest BCUT2D eigenvalue weighted by atomic mass is 10.0. The van der Waals surface area contributed by atoms with Crippen molar-refractivity contribution in [2.45, 2.75) is 31.5 Å². The molecule has 56 heavy (non-hydrogen) atoms. The number of ether oxygens (including phenoxy) is 3. The van der Waals surface area contributed by atoms with E-state index >= 15 is 0 Å². The van der Waals surface area contributed by atoms with Crippen LogP contribution in [-0.2, 0) is 30.4 Å². The molecule has 3 aliphatic heterocycles. The number of anilines is 1. The minimum atomic E-state index is -1.37. The average Bonchev–Trinajstić information content (AvgIpc) is 3.88. The van der Waals surface area contributed by atoms with Gasteiger partial charge in [-0.1, -0.05) is 24.0 Å². The van der Waals surface area contributed by atoms with E-state index in [0.717, 1.165) is 23.1 Å². The topological polar surface area (TPSA) is 194 Å². The Morgan fingerprint density at radius 3 is 2.61 bits per heavy atom. The van der Waals surface area contributed by atoms with Crippen LogP contribution in [-0.4, -0.2) is 94.4 Å². The summed E-state index contributed by atoms with van der Waals surface area (Å²) in [6.45, 7) is 0.776. The van der Waals surface area contributed by atoms with Crippen LogP contribution in [0, 0.1) is 17.7 Å². The Bertz CT molecular complexity index is 2310. The molecule has 2 atom stereocenters. The molecule has 0 saturated carbocycles. The standard InChI is InChI=1S/C39H32FN5O10S/c40-24-6-10-30(46)28(19-24)33(35(49)43-39-41-12-18-56-39)44-21-23-4-1-3-22(32(23)38(44)52)5-2-13-53-14-15-54-16-17-55-25-7-8-26-27(20-25)37(51)45(36(26)50)29-9-11-31(47)42-34(29)48/h1,3-4,6-8,10,12,18-20,29,33,46H,9,11,13-17,21H2,(H,41,43,49)(H,42,47,48)/t29?,33-/m1/s1. The number of aromatic nitrogens is 1. The van der Waals surface area contributed by atoms with Gasteiger partial charge in [0, 0.05) is 35.7 Å². The van der Waals surface area contributed by atoms with Crippen molar-refractivity contribution in [3.8, 4) is 23.3 Å². The van der Waals surface area contributed by atoms with Gasteiger partial charge in [0.15, 0.2) is 5.13 Å². The van der Waals surface area contributed by atoms with Crippen molar-refractivity contribution in [3.63, 3.8) is 0 Å². The van der Waals surface area contributed by atoms with Gasteiger partial charge in [-0.25, -0.2) is 9.37 Å². The summed E-state index contributed by atoms with van der Waals surface area (Å²) < 4.78 is 31.1. The highest BCUT2D eigenvalue weighted by atomic mass is 32.1. The number of rotatable bonds is 13. The second-order valence-electron chi connectivity index (χ2n) is 12.7. The van der Waals surface area contributed by atoms with Gasteiger partial charge in [-0.05, 0) is 54.4 Å². The molecule has 1 unspecified atom stereocenters. The van der Waals surface area contributed by atoms with Crippen molar-refractivity contribution >= 4 is 51.9 Å². The molecule has 6 amide bonds. The van der Waals surface area contributed by atoms with Crippen molar-refractivity contribution in [2.24, 2.45) is 0 Å². The maximum atomic E-state index is 14.3. The van der Waals surface area contributed by atoms with Gasteiger partial charge in [0.25, 0.3) is 23.6 Å². The highest BCUT2D eigenvalue weighted by molar-refractivity contribution is 7.13. The zero-order valence-corrected chi connectivity index (χ0v) is 30.2. The van der Waals surface area contributed by atoms with E-state index in [9.17, 15) is 38.3 Å². The largest absolute Gasteiger partial charge is 0.508 e. The zero-order valence-electron chi connectivity index (χ0n) is 29.4. The van der Waals surface area contributed by atoms with Crippen LogP contribution >= 0.6 is 11.3 Å². The van der Waals surface area contributed by atoms with Crippen LogP contribution in [0.2, 0.25) is 0 Å². The normalized spacial score (nSPS) is 16.6. The minimum absolute atomic E-state index is 0.0145. The number of benzene rings is 3. The summed E-state index contributed by atoms with van der Waals surface area (Å²) in [4.78, 5) is 83.2. The summed E-state index contributed by atoms with van der Waals surface area (Å²) in [5.41, 5.74) is 1.49. The molecule has 1 fully saturated rings. The molecule has 3 N–H and O–H groups in total. The SMILES string of the molecule is O=C1CCC(N2C(=O)c3ccc(OCCOCCOCC#Cc4cccc5c4C(=O)N([C@@H](C(=O)Nc4nccs4)c4cc(F)ccc4O)C5)cc3C2=O)C(=O)N1. The summed E-state index contributed by atoms with van der Waals surface area (Å²) in [7, 11) is 0. The van der Waals surface area contributed by atoms with E-state index in [2.05, 4.69) is 27.5 Å². The fourth-order valence-corrected chi connectivity index (χ4v) is 7.11. The maximum absolute atomic E-state index is 14.3. The number of amides is 6. The molecular formula is C39H32FN5O10S. The summed E-state index contributed by atoms with van der Waals surface area (Å²) in [6, 6.07) is 10.4. The summed E-state index contributed by atoms with van der Waals surface area (Å²) >= 11 is 1.17. The number of nitrogens with one attached hydrogen (secondary N) is 2. The Hall–Kier alpha value is -6.48. The first-order valence-corrected chi connectivity index (χ1v) is 18.2. The van der Waals surface area contributed by atoms with Crippen molar-refractivity contribution in [1.82, 2.24) is 20.1 Å². The number of carbonyl (C=O) groups is 6. The lowest BCUT2D eigenvalue weighted by Gasteiger charge is -2.27. The van der Waals surface area contributed by atoms with Crippen molar-refractivity contribution in [2.75, 3.05) is 38.4 Å². The number of fused-ring (bicyclic) bond motifs is 2. The molecule has 1 saturated heterocycles. The van der Waals surface area contributed by atoms with Crippen LogP contribution in [0.1, 0.15) is 66.6 Å². The molecular weight excluding hydrogens is 750 g/mol. The third-order valence-corrected chi connectivity index (χ3v) is 9.84. The number of piperidine rings is 1. The summed E-state index contributed by atoms with van der Waals surface area (Å²) in [5, 5.41) is 17.4. The highest BCUT2D eigenvalue weighted by Gasteiger charge is 2.45. The molecule has 4 aromatic rings. The number of nitrogens with zero attached hydrogens (tertiary/aromatic N) is 3. The zero-order chi connectivity index (χ0) is 39.3. The number of aromatic hydroxyl groups is 1. The van der Waals surface area contributed by atoms with E-state index in [0.29, 0.717) is 16.9 Å². The van der Waals surface area contributed by atoms with Gasteiger partial charge in [-0.3, -0.25) is 44.3 Å². The van der Waals surface area contributed by atoms with Gasteiger partial charge in [0.2, 0.25) is 11.8 Å². The molecule has 15 nitrogen and oxygen atoms in total. The molecule has 17 heteroatoms. The number of phenols is 1. The number of hydrogen-bond acceptors (Lipinski definition) is 12. The van der Waals surface area contributed by atoms with Crippen LogP contribution in [0.25, 0.3) is 0 Å². The van der Waals surface area contributed by atoms with Crippen LogP contribution < -0.4 is 15.4 Å². The first-order valence-electron chi connectivity index (χ1n) is 17.3. The van der Waals surface area contributed by atoms with Gasteiger partial charge in [-0.15, -0.1) is 11.3 Å². The first kappa shape index (κ1) is 37.8. The van der Waals surface area contributed by atoms with E-state index in [1.807, 2.05) is 0 Å². The third kappa shape index (κ3) is 7.84. The molecule has 0 bridgehead atoms. The number of thiazole rings is 1. The monoisotopic (exact) mass is 781 g/mol. The molecule has 7 rings (SSSR count). The van der Waals surface area contributed by atoms with Crippen LogP contribution in [0.4, 0.5) is 9.52 Å². The fraction of sp³-hybridized carbons (Fsp3) is 0.256. The average molecular weight is 782 g/mol. The van der Waals surface area contributed by atoms with Gasteiger partial charge in [-0.2, -0.15) is 0 Å². The van der Waals surface area contributed by atoms with E-state index in [4.69, 9.17) is 14.2 Å². The predicted octanol–water partition coefficient (Wildman–Crippen LogP) is 3.19. The van der Waals surface area contributed by atoms with Gasteiger partial charge < -0.3 is 24.2 Å². The lowest BCUT2D eigenvalue weighted by Crippen LogP contribution is -2.54. The Morgan fingerprint density at radius 1 is 1.00 bits per heavy atom. The maximum Gasteiger partial charge on any atom is 0.262 e. The molecule has 4 heterocycles. The molecule has 286 valence electrons. The van der Waals surface area contributed by atoms with Crippen LogP contribution in [0.3, 0.4) is 0 Å². The van der Waals surface area contributed by atoms with Crippen LogP contribution in [0.15, 0.2) is 66.2 Å². The Balaban J connectivity index is 0.882. The second-order valence-corrected chi connectivity index (χ2v) is 13.6. The van der Waals surface area contributed by atoms with E-state index in [-0.39, 0.29) is 85.6 Å². The second kappa shape index (κ2) is 16.5. The number of phenolic OH excluding ortho intramolecular Hbond substituents is 1. The Morgan fingerprint density at radius 2 is 1.80 bits per heavy atom. The van der Waals surface area contributed by atoms with Gasteiger partial charge >= 0.3 is 0 Å². The van der Waals surface area contributed by atoms with Crippen LogP contribution in [0.5, 0.6) is 11.5 Å². The lowest BCUT2D eigenvalue weighted by molar-refractivity contribution is -0.136. The van der Waals surface area contributed by atoms with Gasteiger partial charge in [0.1, 0.15) is 42.6 Å². The molecule has 1 aromatic heterocycles. The van der Waals surface area contributed by atoms with E-state index in [1.54, 1.807) is 29.6 Å². The molecule has 3 aromatic carbocycles. The number of carbonyl (C=O) groups excluding carboxylic acids is 6. The van der Waals surface area contributed by atoms with E-state index in [1.165, 1.54) is 34.6 Å². The van der Waals surface area contributed by atoms with Crippen molar-refractivity contribution < 1.29 is 52.5 Å². The third-order valence-electron chi connectivity index (χ3n) is 9.15. The predicted molar refractivity (Wildman–Crippen MR) is 195 cm³/mol. The molecule has 0 spiro atoms. The molecule has 0 aliphatic carbocycles. The van der Waals surface area contributed by atoms with Crippen molar-refractivity contribution in [3.05, 3.63) is 105 Å². The Labute approximate surface area is 322 Å². The van der Waals surface area contributed by atoms with Crippen molar-refractivity contribution in [1.29, 1.82) is 0 Å². The number of halogens is 1. The van der Waals surface area contributed by atoms with E-state index < -0.39 is 53.3 Å².